The molecule has 0 saturated heterocycles. The van der Waals surface area contributed by atoms with Crippen molar-refractivity contribution >= 4 is 33.5 Å². The molecule has 4 aromatic rings. The van der Waals surface area contributed by atoms with Crippen molar-refractivity contribution < 1.29 is 9.13 Å². The molecular weight excluding hydrogens is 415 g/mol. The summed E-state index contributed by atoms with van der Waals surface area (Å²) in [5.41, 5.74) is 2.61. The van der Waals surface area contributed by atoms with Gasteiger partial charge >= 0.3 is 0 Å². The van der Waals surface area contributed by atoms with Crippen LogP contribution < -0.4 is 4.74 Å². The number of methoxy groups -OCH3 is 1. The molecule has 31 heavy (non-hydrogen) atoms. The molecule has 1 atom stereocenters. The Bertz CT molecular complexity index is 1250. The summed E-state index contributed by atoms with van der Waals surface area (Å²) in [4.78, 5) is 9.15. The lowest BCUT2D eigenvalue weighted by Gasteiger charge is -2.32. The summed E-state index contributed by atoms with van der Waals surface area (Å²) in [5.74, 6) is 1.40. The zero-order valence-electron chi connectivity index (χ0n) is 17.6. The molecule has 5 nitrogen and oxygen atoms in total. The van der Waals surface area contributed by atoms with E-state index in [9.17, 15) is 4.39 Å². The number of hydrogen-bond donors (Lipinski definition) is 0. The lowest BCUT2D eigenvalue weighted by Crippen LogP contribution is -2.23. The van der Waals surface area contributed by atoms with Crippen LogP contribution in [0.15, 0.2) is 42.6 Å². The number of rotatable bonds is 4. The Balaban J connectivity index is 1.33. The van der Waals surface area contributed by atoms with Gasteiger partial charge in [-0.15, -0.1) is 5.10 Å². The molecule has 1 saturated carbocycles. The first-order valence-corrected chi connectivity index (χ1v) is 11.0. The maximum absolute atomic E-state index is 13.4. The van der Waals surface area contributed by atoms with Gasteiger partial charge in [-0.1, -0.05) is 17.7 Å². The molecule has 0 amide bonds. The van der Waals surface area contributed by atoms with Crippen LogP contribution in [0.5, 0.6) is 5.88 Å². The zero-order chi connectivity index (χ0) is 21.5. The van der Waals surface area contributed by atoms with Crippen LogP contribution in [0.3, 0.4) is 0 Å². The summed E-state index contributed by atoms with van der Waals surface area (Å²) in [6.45, 7) is 2.20. The average Bonchev–Trinajstić information content (AvgIpc) is 3.16. The lowest BCUT2D eigenvalue weighted by molar-refractivity contribution is 0.217. The van der Waals surface area contributed by atoms with E-state index in [-0.39, 0.29) is 11.9 Å². The average molecular weight is 439 g/mol. The summed E-state index contributed by atoms with van der Waals surface area (Å²) >= 11 is 6.12. The Morgan fingerprint density at radius 1 is 1.13 bits per heavy atom. The van der Waals surface area contributed by atoms with E-state index >= 15 is 0 Å². The van der Waals surface area contributed by atoms with E-state index < -0.39 is 0 Å². The molecule has 1 aliphatic carbocycles. The Kier molecular flexibility index (Phi) is 5.26. The maximum atomic E-state index is 13.4. The number of nitrogens with zero attached hydrogens (tertiary/aromatic N) is 4. The molecule has 3 aromatic heterocycles. The van der Waals surface area contributed by atoms with Crippen molar-refractivity contribution in [3.05, 3.63) is 59.1 Å². The third-order valence-corrected chi connectivity index (χ3v) is 6.81. The van der Waals surface area contributed by atoms with Crippen molar-refractivity contribution in [2.45, 2.75) is 44.6 Å². The van der Waals surface area contributed by atoms with Crippen LogP contribution in [0, 0.1) is 11.7 Å². The van der Waals surface area contributed by atoms with E-state index in [1.807, 2.05) is 16.8 Å². The van der Waals surface area contributed by atoms with Crippen LogP contribution in [0.1, 0.15) is 50.3 Å². The topological polar surface area (TPSA) is 52.8 Å². The minimum atomic E-state index is -0.226. The zero-order valence-corrected chi connectivity index (χ0v) is 18.3. The van der Waals surface area contributed by atoms with Gasteiger partial charge in [-0.05, 0) is 68.9 Å². The first kappa shape index (κ1) is 20.2. The van der Waals surface area contributed by atoms with Gasteiger partial charge in [-0.25, -0.2) is 14.1 Å². The third kappa shape index (κ3) is 3.74. The Labute approximate surface area is 185 Å². The van der Waals surface area contributed by atoms with Gasteiger partial charge in [0.15, 0.2) is 5.65 Å². The number of fused-ring (bicyclic) bond motifs is 2. The van der Waals surface area contributed by atoms with E-state index in [1.54, 1.807) is 19.4 Å². The predicted molar refractivity (Wildman–Crippen MR) is 120 cm³/mol. The van der Waals surface area contributed by atoms with E-state index in [0.717, 1.165) is 47.7 Å². The third-order valence-electron chi connectivity index (χ3n) is 6.60. The normalized spacial score (nSPS) is 20.3. The van der Waals surface area contributed by atoms with Gasteiger partial charge < -0.3 is 4.74 Å². The minimum absolute atomic E-state index is 0.191. The fourth-order valence-electron chi connectivity index (χ4n) is 4.86. The second-order valence-corrected chi connectivity index (χ2v) is 8.84. The molecule has 1 aromatic carbocycles. The van der Waals surface area contributed by atoms with Gasteiger partial charge in [-0.3, -0.25) is 4.98 Å². The first-order valence-electron chi connectivity index (χ1n) is 10.7. The molecule has 0 unspecified atom stereocenters. The van der Waals surface area contributed by atoms with E-state index in [0.29, 0.717) is 28.4 Å². The highest BCUT2D eigenvalue weighted by Gasteiger charge is 2.30. The molecule has 3 heterocycles. The van der Waals surface area contributed by atoms with Crippen molar-refractivity contribution in [3.63, 3.8) is 0 Å². The predicted octanol–water partition coefficient (Wildman–Crippen LogP) is 6.32. The highest BCUT2D eigenvalue weighted by molar-refractivity contribution is 6.31. The summed E-state index contributed by atoms with van der Waals surface area (Å²) in [6.07, 6.45) is 5.93. The molecule has 0 N–H and O–H groups in total. The van der Waals surface area contributed by atoms with Crippen LogP contribution in [-0.4, -0.2) is 26.9 Å². The molecule has 1 fully saturated rings. The van der Waals surface area contributed by atoms with Gasteiger partial charge in [0, 0.05) is 23.2 Å². The summed E-state index contributed by atoms with van der Waals surface area (Å²) in [5, 5.41) is 6.96. The SMILES string of the molecule is COc1c2cc(Cl)cnc2nn1[C@@H](C)C1CCC(c2ccc3cc(F)ccc3n2)CC1. The molecular formula is C24H24ClFN4O. The summed E-state index contributed by atoms with van der Waals surface area (Å²) in [6, 6.07) is 10.8. The van der Waals surface area contributed by atoms with E-state index in [2.05, 4.69) is 18.0 Å². The minimum Gasteiger partial charge on any atom is -0.481 e. The molecule has 160 valence electrons. The first-order chi connectivity index (χ1) is 15.0. The van der Waals surface area contributed by atoms with Gasteiger partial charge in [-0.2, -0.15) is 0 Å². The number of benzene rings is 1. The molecule has 1 aliphatic rings. The van der Waals surface area contributed by atoms with Crippen LogP contribution >= 0.6 is 11.6 Å². The van der Waals surface area contributed by atoms with Crippen molar-refractivity contribution in [2.75, 3.05) is 7.11 Å². The highest BCUT2D eigenvalue weighted by Crippen LogP contribution is 2.41. The van der Waals surface area contributed by atoms with Crippen LogP contribution in [0.4, 0.5) is 4.39 Å². The monoisotopic (exact) mass is 438 g/mol. The molecule has 0 bridgehead atoms. The van der Waals surface area contributed by atoms with Gasteiger partial charge in [0.05, 0.1) is 29.1 Å². The highest BCUT2D eigenvalue weighted by atomic mass is 35.5. The number of ether oxygens (including phenoxy) is 1. The number of aromatic nitrogens is 4. The van der Waals surface area contributed by atoms with Gasteiger partial charge in [0.25, 0.3) is 0 Å². The van der Waals surface area contributed by atoms with Gasteiger partial charge in [0.2, 0.25) is 5.88 Å². The second kappa shape index (κ2) is 8.08. The van der Waals surface area contributed by atoms with E-state index in [1.165, 1.54) is 12.1 Å². The van der Waals surface area contributed by atoms with Crippen molar-refractivity contribution in [2.24, 2.45) is 5.92 Å². The van der Waals surface area contributed by atoms with E-state index in [4.69, 9.17) is 26.4 Å². The largest absolute Gasteiger partial charge is 0.481 e. The smallest absolute Gasteiger partial charge is 0.221 e. The number of halogens is 2. The lowest BCUT2D eigenvalue weighted by atomic mass is 9.77. The Hall–Kier alpha value is -2.73. The summed E-state index contributed by atoms with van der Waals surface area (Å²) < 4.78 is 21.1. The quantitative estimate of drug-likeness (QED) is 0.374. The molecule has 0 aliphatic heterocycles. The fraction of sp³-hybridized carbons (Fsp3) is 0.375. The molecule has 0 radical (unpaired) electrons. The Morgan fingerprint density at radius 3 is 2.71 bits per heavy atom. The number of pyridine rings is 2. The maximum Gasteiger partial charge on any atom is 0.221 e. The molecule has 7 heteroatoms. The van der Waals surface area contributed by atoms with Crippen LogP contribution in [0.25, 0.3) is 21.9 Å². The standard InChI is InChI=1S/C24H24ClFN4O/c1-14(30-24(31-2)20-12-18(25)13-27-23(20)29-30)15-3-5-16(6-4-15)21-9-7-17-11-19(26)8-10-22(17)28-21/h7-16H,3-6H2,1-2H3/t14-,15?,16?/m0/s1. The van der Waals surface area contributed by atoms with Gasteiger partial charge in [0.1, 0.15) is 5.82 Å². The van der Waals surface area contributed by atoms with Crippen LogP contribution in [-0.2, 0) is 0 Å². The fourth-order valence-corrected chi connectivity index (χ4v) is 5.01. The molecule has 0 spiro atoms. The molecule has 5 rings (SSSR count). The van der Waals surface area contributed by atoms with Crippen molar-refractivity contribution in [3.8, 4) is 5.88 Å². The number of hydrogen-bond acceptors (Lipinski definition) is 4. The Morgan fingerprint density at radius 2 is 1.94 bits per heavy atom. The van der Waals surface area contributed by atoms with Crippen molar-refractivity contribution in [1.29, 1.82) is 0 Å². The van der Waals surface area contributed by atoms with Crippen molar-refractivity contribution in [1.82, 2.24) is 19.7 Å². The van der Waals surface area contributed by atoms with Crippen LogP contribution in [0.2, 0.25) is 5.02 Å². The summed E-state index contributed by atoms with van der Waals surface area (Å²) in [7, 11) is 1.66. The second-order valence-electron chi connectivity index (χ2n) is 8.40.